The number of hydrogen-bond acceptors (Lipinski definition) is 3. The molecular weight excluding hydrogens is 311 g/mol. The number of carbonyl (C=O) groups is 1. The van der Waals surface area contributed by atoms with Crippen LogP contribution in [0, 0.1) is 5.92 Å². The molecule has 19 heavy (non-hydrogen) atoms. The summed E-state index contributed by atoms with van der Waals surface area (Å²) in [6, 6.07) is 4.80. The second-order valence-corrected chi connectivity index (χ2v) is 4.91. The molecule has 0 radical (unpaired) electrons. The van der Waals surface area contributed by atoms with Crippen molar-refractivity contribution in [1.29, 1.82) is 0 Å². The van der Waals surface area contributed by atoms with Gasteiger partial charge in [0.25, 0.3) is 5.91 Å². The predicted molar refractivity (Wildman–Crippen MR) is 80.4 cm³/mol. The fraction of sp³-hybridized carbons (Fsp3) is 0.417. The highest BCUT2D eigenvalue weighted by Gasteiger charge is 2.06. The molecular formula is C12H17Cl3N2O2. The lowest BCUT2D eigenvalue weighted by Crippen LogP contribution is -2.34. The molecule has 1 aromatic rings. The van der Waals surface area contributed by atoms with Crippen LogP contribution in [0.15, 0.2) is 18.2 Å². The standard InChI is InChI=1S/C12H16Cl2N2O2.ClH/c1-8(5-15)6-16-12(17)7-18-11-3-9(13)2-10(14)4-11;/h2-4,8H,5-7,15H2,1H3,(H,16,17);1H. The van der Waals surface area contributed by atoms with Crippen molar-refractivity contribution in [1.82, 2.24) is 5.32 Å². The highest BCUT2D eigenvalue weighted by molar-refractivity contribution is 6.34. The van der Waals surface area contributed by atoms with Crippen LogP contribution in [0.4, 0.5) is 0 Å². The van der Waals surface area contributed by atoms with Crippen LogP contribution >= 0.6 is 35.6 Å². The van der Waals surface area contributed by atoms with Crippen LogP contribution in [0.3, 0.4) is 0 Å². The van der Waals surface area contributed by atoms with Crippen LogP contribution in [-0.4, -0.2) is 25.6 Å². The van der Waals surface area contributed by atoms with Gasteiger partial charge in [-0.15, -0.1) is 12.4 Å². The molecule has 1 aromatic carbocycles. The van der Waals surface area contributed by atoms with Crippen LogP contribution in [0.1, 0.15) is 6.92 Å². The van der Waals surface area contributed by atoms with E-state index in [1.807, 2.05) is 6.92 Å². The van der Waals surface area contributed by atoms with E-state index in [2.05, 4.69) is 5.32 Å². The third kappa shape index (κ3) is 7.47. The minimum atomic E-state index is -0.202. The molecule has 0 aromatic heterocycles. The number of carbonyl (C=O) groups excluding carboxylic acids is 1. The van der Waals surface area contributed by atoms with Gasteiger partial charge in [0.05, 0.1) is 0 Å². The van der Waals surface area contributed by atoms with Crippen LogP contribution in [0.5, 0.6) is 5.75 Å². The van der Waals surface area contributed by atoms with Gasteiger partial charge in [0.1, 0.15) is 5.75 Å². The van der Waals surface area contributed by atoms with Gasteiger partial charge in [0.15, 0.2) is 6.61 Å². The summed E-state index contributed by atoms with van der Waals surface area (Å²) in [6.45, 7) is 2.95. The van der Waals surface area contributed by atoms with Crippen molar-refractivity contribution in [2.45, 2.75) is 6.92 Å². The molecule has 0 saturated heterocycles. The summed E-state index contributed by atoms with van der Waals surface area (Å²) in [4.78, 5) is 11.5. The van der Waals surface area contributed by atoms with E-state index in [0.29, 0.717) is 28.9 Å². The fourth-order valence-corrected chi connectivity index (χ4v) is 1.69. The third-order valence-electron chi connectivity index (χ3n) is 2.26. The molecule has 1 unspecified atom stereocenters. The maximum Gasteiger partial charge on any atom is 0.257 e. The number of ether oxygens (including phenoxy) is 1. The second kappa shape index (κ2) is 9.26. The maximum atomic E-state index is 11.5. The summed E-state index contributed by atoms with van der Waals surface area (Å²) in [5.74, 6) is 0.510. The predicted octanol–water partition coefficient (Wildman–Crippen LogP) is 2.51. The first-order valence-corrected chi connectivity index (χ1v) is 6.32. The van der Waals surface area contributed by atoms with Gasteiger partial charge in [-0.1, -0.05) is 30.1 Å². The molecule has 0 bridgehead atoms. The van der Waals surface area contributed by atoms with Crippen molar-refractivity contribution in [2.24, 2.45) is 11.7 Å². The Morgan fingerprint density at radius 3 is 2.47 bits per heavy atom. The normalized spacial score (nSPS) is 11.4. The minimum absolute atomic E-state index is 0. The molecule has 0 fully saturated rings. The molecule has 0 saturated carbocycles. The van der Waals surface area contributed by atoms with Gasteiger partial charge in [0, 0.05) is 16.6 Å². The zero-order valence-corrected chi connectivity index (χ0v) is 12.8. The first-order chi connectivity index (χ1) is 8.51. The Balaban J connectivity index is 0.00000324. The number of hydrogen-bond donors (Lipinski definition) is 2. The molecule has 0 heterocycles. The molecule has 1 amide bonds. The molecule has 0 aliphatic rings. The van der Waals surface area contributed by atoms with Gasteiger partial charge in [0.2, 0.25) is 0 Å². The van der Waals surface area contributed by atoms with E-state index >= 15 is 0 Å². The van der Waals surface area contributed by atoms with E-state index in [1.54, 1.807) is 18.2 Å². The summed E-state index contributed by atoms with van der Waals surface area (Å²) >= 11 is 11.6. The Kier molecular flexibility index (Phi) is 8.93. The van der Waals surface area contributed by atoms with Gasteiger partial charge in [-0.25, -0.2) is 0 Å². The first-order valence-electron chi connectivity index (χ1n) is 5.57. The van der Waals surface area contributed by atoms with Gasteiger partial charge in [-0.2, -0.15) is 0 Å². The zero-order valence-electron chi connectivity index (χ0n) is 10.5. The summed E-state index contributed by atoms with van der Waals surface area (Å²) in [5, 5.41) is 3.66. The van der Waals surface area contributed by atoms with E-state index in [0.717, 1.165) is 0 Å². The molecule has 0 aliphatic heterocycles. The molecule has 1 atom stereocenters. The molecule has 7 heteroatoms. The Morgan fingerprint density at radius 1 is 1.37 bits per heavy atom. The smallest absolute Gasteiger partial charge is 0.257 e. The average Bonchev–Trinajstić information content (AvgIpc) is 2.32. The number of benzene rings is 1. The number of nitrogens with one attached hydrogen (secondary N) is 1. The van der Waals surface area contributed by atoms with Gasteiger partial charge in [-0.3, -0.25) is 4.79 Å². The molecule has 0 spiro atoms. The molecule has 4 nitrogen and oxygen atoms in total. The lowest BCUT2D eigenvalue weighted by Gasteiger charge is -2.11. The highest BCUT2D eigenvalue weighted by atomic mass is 35.5. The zero-order chi connectivity index (χ0) is 13.5. The van der Waals surface area contributed by atoms with E-state index in [4.69, 9.17) is 33.7 Å². The van der Waals surface area contributed by atoms with Gasteiger partial charge >= 0.3 is 0 Å². The van der Waals surface area contributed by atoms with Crippen molar-refractivity contribution in [3.8, 4) is 5.75 Å². The van der Waals surface area contributed by atoms with Crippen molar-refractivity contribution < 1.29 is 9.53 Å². The molecule has 1 rings (SSSR count). The second-order valence-electron chi connectivity index (χ2n) is 4.04. The lowest BCUT2D eigenvalue weighted by atomic mass is 10.2. The van der Waals surface area contributed by atoms with E-state index in [1.165, 1.54) is 0 Å². The number of amides is 1. The largest absolute Gasteiger partial charge is 0.484 e. The lowest BCUT2D eigenvalue weighted by molar-refractivity contribution is -0.123. The summed E-state index contributed by atoms with van der Waals surface area (Å²) in [7, 11) is 0. The van der Waals surface area contributed by atoms with Crippen LogP contribution in [0.2, 0.25) is 10.0 Å². The van der Waals surface area contributed by atoms with Crippen LogP contribution < -0.4 is 15.8 Å². The maximum absolute atomic E-state index is 11.5. The topological polar surface area (TPSA) is 64.3 Å². The molecule has 108 valence electrons. The third-order valence-corrected chi connectivity index (χ3v) is 2.69. The van der Waals surface area contributed by atoms with E-state index in [9.17, 15) is 4.79 Å². The SMILES string of the molecule is CC(CN)CNC(=O)COc1cc(Cl)cc(Cl)c1.Cl. The van der Waals surface area contributed by atoms with E-state index < -0.39 is 0 Å². The van der Waals surface area contributed by atoms with Gasteiger partial charge < -0.3 is 15.8 Å². The Labute approximate surface area is 129 Å². The average molecular weight is 328 g/mol. The fourth-order valence-electron chi connectivity index (χ4n) is 1.18. The monoisotopic (exact) mass is 326 g/mol. The molecule has 3 N–H and O–H groups in total. The first kappa shape index (κ1) is 18.3. The van der Waals surface area contributed by atoms with Crippen molar-refractivity contribution >= 4 is 41.5 Å². The van der Waals surface area contributed by atoms with Crippen LogP contribution in [-0.2, 0) is 4.79 Å². The number of halogens is 3. The summed E-state index contributed by atoms with van der Waals surface area (Å²) in [6.07, 6.45) is 0. The summed E-state index contributed by atoms with van der Waals surface area (Å²) < 4.78 is 5.28. The van der Waals surface area contributed by atoms with Crippen molar-refractivity contribution in [3.63, 3.8) is 0 Å². The Hall–Kier alpha value is -0.680. The number of nitrogens with two attached hydrogens (primary N) is 1. The number of rotatable bonds is 6. The van der Waals surface area contributed by atoms with Gasteiger partial charge in [-0.05, 0) is 30.7 Å². The summed E-state index contributed by atoms with van der Waals surface area (Å²) in [5.41, 5.74) is 5.44. The highest BCUT2D eigenvalue weighted by Crippen LogP contribution is 2.23. The quantitative estimate of drug-likeness (QED) is 0.844. The Morgan fingerprint density at radius 2 is 1.95 bits per heavy atom. The van der Waals surface area contributed by atoms with Crippen molar-refractivity contribution in [2.75, 3.05) is 19.7 Å². The van der Waals surface area contributed by atoms with Crippen LogP contribution in [0.25, 0.3) is 0 Å². The van der Waals surface area contributed by atoms with Crippen molar-refractivity contribution in [3.05, 3.63) is 28.2 Å². The molecule has 0 aliphatic carbocycles. The Bertz CT molecular complexity index is 396. The van der Waals surface area contributed by atoms with E-state index in [-0.39, 0.29) is 30.8 Å². The minimum Gasteiger partial charge on any atom is -0.484 e.